The summed E-state index contributed by atoms with van der Waals surface area (Å²) >= 11 is 6.28. The van der Waals surface area contributed by atoms with Crippen molar-refractivity contribution in [3.8, 4) is 0 Å². The van der Waals surface area contributed by atoms with Crippen LogP contribution in [-0.2, 0) is 5.41 Å². The normalized spacial score (nSPS) is 29.4. The van der Waals surface area contributed by atoms with Gasteiger partial charge in [0, 0.05) is 30.1 Å². The number of halogens is 1. The lowest BCUT2D eigenvalue weighted by atomic mass is 9.73. The second kappa shape index (κ2) is 6.88. The third-order valence-corrected chi connectivity index (χ3v) is 7.19. The molecule has 134 valence electrons. The van der Waals surface area contributed by atoms with Crippen LogP contribution in [0.2, 0.25) is 5.02 Å². The van der Waals surface area contributed by atoms with E-state index in [1.165, 1.54) is 75.7 Å². The van der Waals surface area contributed by atoms with E-state index in [9.17, 15) is 0 Å². The Morgan fingerprint density at radius 2 is 1.96 bits per heavy atom. The van der Waals surface area contributed by atoms with Crippen molar-refractivity contribution in [1.82, 2.24) is 4.90 Å². The molecular formula is C21H33ClN2. The average molecular weight is 349 g/mol. The van der Waals surface area contributed by atoms with Gasteiger partial charge in [-0.15, -0.1) is 0 Å². The van der Waals surface area contributed by atoms with Crippen LogP contribution in [-0.4, -0.2) is 30.6 Å². The molecule has 1 saturated heterocycles. The molecule has 2 fully saturated rings. The van der Waals surface area contributed by atoms with E-state index in [2.05, 4.69) is 29.3 Å². The van der Waals surface area contributed by atoms with Crippen molar-refractivity contribution in [2.75, 3.05) is 25.0 Å². The first kappa shape index (κ1) is 16.7. The third-order valence-electron chi connectivity index (χ3n) is 6.95. The summed E-state index contributed by atoms with van der Waals surface area (Å²) in [5.41, 5.74) is 3.12. The molecule has 0 radical (unpaired) electrons. The van der Waals surface area contributed by atoms with Crippen molar-refractivity contribution in [3.63, 3.8) is 0 Å². The van der Waals surface area contributed by atoms with Crippen molar-refractivity contribution in [2.45, 2.75) is 69.7 Å². The van der Waals surface area contributed by atoms with Gasteiger partial charge in [0.15, 0.2) is 0 Å². The van der Waals surface area contributed by atoms with Gasteiger partial charge in [0.2, 0.25) is 0 Å². The molecule has 1 spiro atoms. The highest BCUT2D eigenvalue weighted by Crippen LogP contribution is 2.45. The fourth-order valence-electron chi connectivity index (χ4n) is 5.44. The summed E-state index contributed by atoms with van der Waals surface area (Å²) < 4.78 is 0. The second-order valence-corrected chi connectivity index (χ2v) is 8.76. The first-order chi connectivity index (χ1) is 11.7. The van der Waals surface area contributed by atoms with Crippen molar-refractivity contribution in [1.29, 1.82) is 0 Å². The summed E-state index contributed by atoms with van der Waals surface area (Å²) in [4.78, 5) is 2.80. The smallest absolute Gasteiger partial charge is 0.0410 e. The summed E-state index contributed by atoms with van der Waals surface area (Å²) in [7, 11) is 0. The molecule has 0 unspecified atom stereocenters. The fraction of sp³-hybridized carbons (Fsp3) is 0.714. The topological polar surface area (TPSA) is 15.3 Å². The van der Waals surface area contributed by atoms with Crippen LogP contribution in [0, 0.1) is 5.92 Å². The van der Waals surface area contributed by atoms with Crippen LogP contribution in [0.1, 0.15) is 65.3 Å². The number of anilines is 1. The molecule has 2 nitrogen and oxygen atoms in total. The van der Waals surface area contributed by atoms with E-state index in [-0.39, 0.29) is 1.43 Å². The lowest BCUT2D eigenvalue weighted by Gasteiger charge is -2.44. The maximum atomic E-state index is 6.28. The van der Waals surface area contributed by atoms with Crippen molar-refractivity contribution in [2.24, 2.45) is 5.92 Å². The standard InChI is InChI=1S/C21H31ClN2.H2/c1-2-3-16-4-7-18(8-5-16)24-12-10-21(11-13-24)15-23-20-9-6-17(22)14-19(20)21;/h6,9,14,16,18,23H,2-5,7-8,10-13,15H2,1H3;1H. The van der Waals surface area contributed by atoms with Crippen LogP contribution < -0.4 is 5.32 Å². The van der Waals surface area contributed by atoms with Crippen LogP contribution in [0.4, 0.5) is 5.69 Å². The number of benzene rings is 1. The van der Waals surface area contributed by atoms with Crippen LogP contribution in [0.25, 0.3) is 0 Å². The van der Waals surface area contributed by atoms with E-state index in [0.29, 0.717) is 5.41 Å². The van der Waals surface area contributed by atoms with E-state index in [1.807, 2.05) is 6.07 Å². The highest BCUT2D eigenvalue weighted by atomic mass is 35.5. The minimum atomic E-state index is 0. The number of rotatable bonds is 3. The van der Waals surface area contributed by atoms with Crippen molar-refractivity contribution >= 4 is 17.3 Å². The Hall–Kier alpha value is -0.730. The Balaban J connectivity index is 0.00000182. The van der Waals surface area contributed by atoms with Crippen LogP contribution in [0.3, 0.4) is 0 Å². The summed E-state index contributed by atoms with van der Waals surface area (Å²) in [6, 6.07) is 7.23. The van der Waals surface area contributed by atoms with Gasteiger partial charge in [-0.2, -0.15) is 0 Å². The molecular weight excluding hydrogens is 316 g/mol. The number of nitrogens with zero attached hydrogens (tertiary/aromatic N) is 1. The molecule has 2 heterocycles. The SMILES string of the molecule is CCCC1CCC(N2CCC3(CC2)CNc2ccc(Cl)cc23)CC1.[HH]. The Labute approximate surface area is 153 Å². The summed E-state index contributed by atoms with van der Waals surface area (Å²) in [5.74, 6) is 1.01. The predicted molar refractivity (Wildman–Crippen MR) is 105 cm³/mol. The number of hydrogen-bond acceptors (Lipinski definition) is 2. The molecule has 1 N–H and O–H groups in total. The zero-order valence-electron chi connectivity index (χ0n) is 15.0. The van der Waals surface area contributed by atoms with Crippen LogP contribution in [0.5, 0.6) is 0 Å². The van der Waals surface area contributed by atoms with Gasteiger partial charge >= 0.3 is 0 Å². The van der Waals surface area contributed by atoms with Gasteiger partial charge in [-0.1, -0.05) is 31.4 Å². The first-order valence-electron chi connectivity index (χ1n) is 9.98. The highest BCUT2D eigenvalue weighted by molar-refractivity contribution is 6.30. The zero-order chi connectivity index (χ0) is 16.6. The Bertz CT molecular complexity index is 575. The molecule has 4 rings (SSSR count). The van der Waals surface area contributed by atoms with Gasteiger partial charge in [0.25, 0.3) is 0 Å². The maximum Gasteiger partial charge on any atom is 0.0410 e. The Morgan fingerprint density at radius 3 is 2.67 bits per heavy atom. The monoisotopic (exact) mass is 348 g/mol. The van der Waals surface area contributed by atoms with E-state index in [4.69, 9.17) is 11.6 Å². The van der Waals surface area contributed by atoms with E-state index in [0.717, 1.165) is 23.5 Å². The van der Waals surface area contributed by atoms with E-state index in [1.54, 1.807) is 0 Å². The van der Waals surface area contributed by atoms with E-state index < -0.39 is 0 Å². The summed E-state index contributed by atoms with van der Waals surface area (Å²) in [5, 5.41) is 4.51. The molecule has 0 bridgehead atoms. The number of piperidine rings is 1. The second-order valence-electron chi connectivity index (χ2n) is 8.32. The lowest BCUT2D eigenvalue weighted by Crippen LogP contribution is -2.48. The molecule has 3 heteroatoms. The largest absolute Gasteiger partial charge is 0.384 e. The highest BCUT2D eigenvalue weighted by Gasteiger charge is 2.42. The minimum Gasteiger partial charge on any atom is -0.384 e. The summed E-state index contributed by atoms with van der Waals surface area (Å²) in [6.07, 6.45) is 11.1. The Kier molecular flexibility index (Phi) is 4.79. The van der Waals surface area contributed by atoms with Crippen LogP contribution in [0.15, 0.2) is 18.2 Å². The number of fused-ring (bicyclic) bond motifs is 2. The van der Waals surface area contributed by atoms with Gasteiger partial charge in [-0.3, -0.25) is 0 Å². The van der Waals surface area contributed by atoms with Gasteiger partial charge in [0.1, 0.15) is 0 Å². The lowest BCUT2D eigenvalue weighted by molar-refractivity contribution is 0.0858. The van der Waals surface area contributed by atoms with Gasteiger partial charge in [-0.05, 0) is 81.3 Å². The van der Waals surface area contributed by atoms with Crippen molar-refractivity contribution < 1.29 is 1.43 Å². The minimum absolute atomic E-state index is 0. The molecule has 1 aliphatic carbocycles. The fourth-order valence-corrected chi connectivity index (χ4v) is 5.61. The Morgan fingerprint density at radius 1 is 1.21 bits per heavy atom. The molecule has 1 saturated carbocycles. The molecule has 0 atom stereocenters. The molecule has 2 aliphatic heterocycles. The zero-order valence-corrected chi connectivity index (χ0v) is 15.7. The molecule has 3 aliphatic rings. The van der Waals surface area contributed by atoms with Crippen molar-refractivity contribution in [3.05, 3.63) is 28.8 Å². The molecule has 0 aromatic heterocycles. The molecule has 24 heavy (non-hydrogen) atoms. The van der Waals surface area contributed by atoms with Gasteiger partial charge in [0.05, 0.1) is 0 Å². The first-order valence-corrected chi connectivity index (χ1v) is 10.4. The molecule has 0 amide bonds. The van der Waals surface area contributed by atoms with Gasteiger partial charge in [-0.25, -0.2) is 0 Å². The van der Waals surface area contributed by atoms with Gasteiger partial charge < -0.3 is 10.2 Å². The number of nitrogens with one attached hydrogen (secondary N) is 1. The quantitative estimate of drug-likeness (QED) is 0.753. The molecule has 1 aromatic rings. The molecule has 1 aromatic carbocycles. The third kappa shape index (κ3) is 3.08. The average Bonchev–Trinajstić information content (AvgIpc) is 2.95. The number of likely N-dealkylation sites (tertiary alicyclic amines) is 1. The summed E-state index contributed by atoms with van der Waals surface area (Å²) in [6.45, 7) is 5.95. The number of hydrogen-bond donors (Lipinski definition) is 1. The van der Waals surface area contributed by atoms with E-state index >= 15 is 0 Å². The predicted octanol–water partition coefficient (Wildman–Crippen LogP) is 5.70. The van der Waals surface area contributed by atoms with Crippen LogP contribution >= 0.6 is 11.6 Å². The maximum absolute atomic E-state index is 6.28.